The molecule has 0 saturated carbocycles. The van der Waals surface area contributed by atoms with Crippen molar-refractivity contribution in [1.82, 2.24) is 15.1 Å². The first-order chi connectivity index (χ1) is 8.33. The Morgan fingerprint density at radius 2 is 1.88 bits per heavy atom. The summed E-state index contributed by atoms with van der Waals surface area (Å²) in [4.78, 5) is 7.23. The lowest BCUT2D eigenvalue weighted by Crippen LogP contribution is -1.81. The lowest BCUT2D eigenvalue weighted by molar-refractivity contribution is 0.439. The molecule has 2 heterocycles. The molecule has 3 N–H and O–H groups in total. The summed E-state index contributed by atoms with van der Waals surface area (Å²) >= 11 is 0. The maximum atomic E-state index is 5.48. The van der Waals surface area contributed by atoms with Crippen LogP contribution < -0.4 is 5.73 Å². The number of nitrogen functional groups attached to an aromatic ring is 1. The molecule has 0 fully saturated rings. The summed E-state index contributed by atoms with van der Waals surface area (Å²) in [7, 11) is 0. The molecule has 0 bridgehead atoms. The van der Waals surface area contributed by atoms with Gasteiger partial charge in [-0.3, -0.25) is 0 Å². The van der Waals surface area contributed by atoms with Crippen LogP contribution in [0.1, 0.15) is 0 Å². The van der Waals surface area contributed by atoms with Crippen molar-refractivity contribution in [2.75, 3.05) is 5.73 Å². The molecule has 2 aromatic heterocycles. The van der Waals surface area contributed by atoms with Gasteiger partial charge in [-0.1, -0.05) is 29.4 Å². The Morgan fingerprint density at radius 3 is 2.47 bits per heavy atom. The van der Waals surface area contributed by atoms with E-state index in [2.05, 4.69) is 15.1 Å². The number of nitrogens with one attached hydrogen (secondary N) is 1. The number of aromatic nitrogens is 3. The van der Waals surface area contributed by atoms with Gasteiger partial charge in [0.1, 0.15) is 11.5 Å². The van der Waals surface area contributed by atoms with Crippen molar-refractivity contribution in [3.8, 4) is 22.6 Å². The van der Waals surface area contributed by atoms with Gasteiger partial charge in [0.25, 0.3) is 0 Å². The quantitative estimate of drug-likeness (QED) is 0.702. The Balaban J connectivity index is 1.95. The first-order valence-corrected chi connectivity index (χ1v) is 5.15. The molecule has 3 aromatic rings. The zero-order valence-corrected chi connectivity index (χ0v) is 8.92. The van der Waals surface area contributed by atoms with Gasteiger partial charge < -0.3 is 15.2 Å². The van der Waals surface area contributed by atoms with Crippen LogP contribution in [0.3, 0.4) is 0 Å². The topological polar surface area (TPSA) is 80.7 Å². The van der Waals surface area contributed by atoms with Crippen LogP contribution in [0.4, 0.5) is 5.88 Å². The van der Waals surface area contributed by atoms with Crippen molar-refractivity contribution in [2.24, 2.45) is 0 Å². The molecule has 0 unspecified atom stereocenters. The number of anilines is 1. The second kappa shape index (κ2) is 3.79. The van der Waals surface area contributed by atoms with Crippen LogP contribution in [-0.2, 0) is 0 Å². The van der Waals surface area contributed by atoms with Crippen molar-refractivity contribution in [2.45, 2.75) is 0 Å². The van der Waals surface area contributed by atoms with E-state index in [0.717, 1.165) is 22.6 Å². The fourth-order valence-electron chi connectivity index (χ4n) is 1.65. The zero-order valence-electron chi connectivity index (χ0n) is 8.92. The molecule has 5 nitrogen and oxygen atoms in total. The van der Waals surface area contributed by atoms with E-state index < -0.39 is 0 Å². The fraction of sp³-hybridized carbons (Fsp3) is 0. The number of nitrogens with two attached hydrogens (primary N) is 1. The van der Waals surface area contributed by atoms with Crippen LogP contribution in [0.25, 0.3) is 22.6 Å². The number of H-pyrrole nitrogens is 1. The number of hydrogen-bond donors (Lipinski definition) is 2. The molecule has 1 aromatic carbocycles. The molecule has 5 heteroatoms. The minimum Gasteiger partial charge on any atom is -0.368 e. The van der Waals surface area contributed by atoms with Gasteiger partial charge >= 0.3 is 0 Å². The smallest absolute Gasteiger partial charge is 0.222 e. The second-order valence-corrected chi connectivity index (χ2v) is 3.63. The summed E-state index contributed by atoms with van der Waals surface area (Å²) in [5, 5.41) is 3.85. The first-order valence-electron chi connectivity index (χ1n) is 5.15. The Bertz CT molecular complexity index is 610. The summed E-state index contributed by atoms with van der Waals surface area (Å²) in [5.74, 6) is 1.16. The van der Waals surface area contributed by atoms with Crippen LogP contribution in [0.2, 0.25) is 0 Å². The number of rotatable bonds is 2. The van der Waals surface area contributed by atoms with Crippen molar-refractivity contribution < 1.29 is 4.52 Å². The highest BCUT2D eigenvalue weighted by atomic mass is 16.5. The molecular formula is C12H10N4O. The predicted octanol–water partition coefficient (Wildman–Crippen LogP) is 2.31. The first kappa shape index (κ1) is 9.65. The van der Waals surface area contributed by atoms with Crippen LogP contribution in [0, 0.1) is 0 Å². The van der Waals surface area contributed by atoms with E-state index >= 15 is 0 Å². The van der Waals surface area contributed by atoms with Crippen LogP contribution in [0.15, 0.2) is 47.2 Å². The average molecular weight is 226 g/mol. The molecule has 0 aliphatic carbocycles. The lowest BCUT2D eigenvalue weighted by Gasteiger charge is -1.98. The maximum Gasteiger partial charge on any atom is 0.222 e. The molecule has 0 atom stereocenters. The summed E-state index contributed by atoms with van der Waals surface area (Å²) in [6, 6.07) is 9.55. The van der Waals surface area contributed by atoms with Gasteiger partial charge in [0.2, 0.25) is 5.88 Å². The normalized spacial score (nSPS) is 10.6. The summed E-state index contributed by atoms with van der Waals surface area (Å²) in [6.45, 7) is 0. The van der Waals surface area contributed by atoms with E-state index in [1.165, 1.54) is 0 Å². The number of benzene rings is 1. The molecule has 0 amide bonds. The molecule has 3 rings (SSSR count). The van der Waals surface area contributed by atoms with E-state index in [9.17, 15) is 0 Å². The third-order valence-electron chi connectivity index (χ3n) is 2.48. The van der Waals surface area contributed by atoms with Crippen LogP contribution in [-0.4, -0.2) is 15.1 Å². The highest BCUT2D eigenvalue weighted by molar-refractivity contribution is 5.66. The number of imidazole rings is 1. The highest BCUT2D eigenvalue weighted by Gasteiger charge is 2.05. The largest absolute Gasteiger partial charge is 0.368 e. The third-order valence-corrected chi connectivity index (χ3v) is 2.48. The summed E-state index contributed by atoms with van der Waals surface area (Å²) in [6.07, 6.45) is 3.52. The van der Waals surface area contributed by atoms with E-state index in [1.54, 1.807) is 18.5 Å². The summed E-state index contributed by atoms with van der Waals surface area (Å²) in [5.41, 5.74) is 8.19. The standard InChI is InChI=1S/C12H10N4O/c13-11-7-10(16-17-11)8-1-3-9(4-2-8)12-14-5-6-15-12/h1-7H,13H2,(H,14,15). The highest BCUT2D eigenvalue weighted by Crippen LogP contribution is 2.23. The molecule has 0 aliphatic heterocycles. The third kappa shape index (κ3) is 1.78. The van der Waals surface area contributed by atoms with E-state index in [1.807, 2.05) is 24.3 Å². The van der Waals surface area contributed by atoms with Crippen molar-refractivity contribution in [3.05, 3.63) is 42.7 Å². The summed E-state index contributed by atoms with van der Waals surface area (Å²) < 4.78 is 4.83. The second-order valence-electron chi connectivity index (χ2n) is 3.63. The maximum absolute atomic E-state index is 5.48. The number of aromatic amines is 1. The predicted molar refractivity (Wildman–Crippen MR) is 63.9 cm³/mol. The van der Waals surface area contributed by atoms with Gasteiger partial charge in [0.15, 0.2) is 0 Å². The Morgan fingerprint density at radius 1 is 1.12 bits per heavy atom. The van der Waals surface area contributed by atoms with Crippen molar-refractivity contribution in [3.63, 3.8) is 0 Å². The van der Waals surface area contributed by atoms with Crippen molar-refractivity contribution >= 4 is 5.88 Å². The van der Waals surface area contributed by atoms with Gasteiger partial charge in [-0.25, -0.2) is 4.98 Å². The molecule has 0 saturated heterocycles. The van der Waals surface area contributed by atoms with E-state index in [0.29, 0.717) is 5.88 Å². The minimum atomic E-state index is 0.315. The minimum absolute atomic E-state index is 0.315. The SMILES string of the molecule is Nc1cc(-c2ccc(-c3ncc[nH]3)cc2)no1. The molecular weight excluding hydrogens is 216 g/mol. The number of hydrogen-bond acceptors (Lipinski definition) is 4. The average Bonchev–Trinajstić information content (AvgIpc) is 3.00. The van der Waals surface area contributed by atoms with Crippen LogP contribution >= 0.6 is 0 Å². The monoisotopic (exact) mass is 226 g/mol. The number of nitrogens with zero attached hydrogens (tertiary/aromatic N) is 2. The van der Waals surface area contributed by atoms with Gasteiger partial charge in [-0.2, -0.15) is 0 Å². The zero-order chi connectivity index (χ0) is 11.7. The van der Waals surface area contributed by atoms with Crippen LogP contribution in [0.5, 0.6) is 0 Å². The van der Waals surface area contributed by atoms with E-state index in [-0.39, 0.29) is 0 Å². The molecule has 0 spiro atoms. The lowest BCUT2D eigenvalue weighted by atomic mass is 10.1. The fourth-order valence-corrected chi connectivity index (χ4v) is 1.65. The van der Waals surface area contributed by atoms with Gasteiger partial charge in [-0.05, 0) is 0 Å². The van der Waals surface area contributed by atoms with Gasteiger partial charge in [0.05, 0.1) is 0 Å². The molecule has 0 aliphatic rings. The molecule has 17 heavy (non-hydrogen) atoms. The Hall–Kier alpha value is -2.56. The Kier molecular flexibility index (Phi) is 2.15. The van der Waals surface area contributed by atoms with Crippen molar-refractivity contribution in [1.29, 1.82) is 0 Å². The molecule has 0 radical (unpaired) electrons. The Labute approximate surface area is 97.3 Å². The van der Waals surface area contributed by atoms with Gasteiger partial charge in [-0.15, -0.1) is 0 Å². The van der Waals surface area contributed by atoms with E-state index in [4.69, 9.17) is 10.3 Å². The molecule has 84 valence electrons. The van der Waals surface area contributed by atoms with Gasteiger partial charge in [0, 0.05) is 29.6 Å².